The van der Waals surface area contributed by atoms with E-state index in [2.05, 4.69) is 23.5 Å². The minimum Gasteiger partial charge on any atom is -0.490 e. The molecule has 1 aliphatic rings. The molecule has 4 aromatic carbocycles. The number of nitrogens with one attached hydrogen (secondary N) is 1. The highest BCUT2D eigenvalue weighted by Crippen LogP contribution is 2.35. The second kappa shape index (κ2) is 12.4. The number of imide groups is 1. The molecule has 1 saturated heterocycles. The van der Waals surface area contributed by atoms with Crippen LogP contribution in [0, 0.1) is 5.82 Å². The van der Waals surface area contributed by atoms with Gasteiger partial charge in [0.1, 0.15) is 19.0 Å². The Morgan fingerprint density at radius 1 is 1.00 bits per heavy atom. The van der Waals surface area contributed by atoms with Gasteiger partial charge in [0.05, 0.1) is 16.5 Å². The summed E-state index contributed by atoms with van der Waals surface area (Å²) in [6.07, 6.45) is 1.57. The molecule has 10 heteroatoms. The van der Waals surface area contributed by atoms with Gasteiger partial charge in [-0.05, 0) is 77.0 Å². The number of fused-ring (bicyclic) bond motifs is 1. The fourth-order valence-electron chi connectivity index (χ4n) is 4.28. The van der Waals surface area contributed by atoms with Gasteiger partial charge >= 0.3 is 0 Å². The van der Waals surface area contributed by atoms with Crippen LogP contribution in [0.1, 0.15) is 18.1 Å². The first-order valence-corrected chi connectivity index (χ1v) is 13.9. The lowest BCUT2D eigenvalue weighted by molar-refractivity contribution is -0.127. The molecule has 0 spiro atoms. The summed E-state index contributed by atoms with van der Waals surface area (Å²) in [7, 11) is 0. The second-order valence-corrected chi connectivity index (χ2v) is 10.4. The molecule has 4 aromatic rings. The highest BCUT2D eigenvalue weighted by Gasteiger charge is 2.36. The van der Waals surface area contributed by atoms with E-state index in [9.17, 15) is 18.8 Å². The largest absolute Gasteiger partial charge is 0.490 e. The molecule has 0 unspecified atom stereocenters. The van der Waals surface area contributed by atoms with Gasteiger partial charge in [-0.25, -0.2) is 4.39 Å². The van der Waals surface area contributed by atoms with E-state index in [1.165, 1.54) is 12.1 Å². The predicted molar refractivity (Wildman–Crippen MR) is 159 cm³/mol. The fourth-order valence-corrected chi connectivity index (χ4v) is 5.30. The van der Waals surface area contributed by atoms with Crippen LogP contribution in [0.2, 0.25) is 5.02 Å². The Kier molecular flexibility index (Phi) is 8.56. The van der Waals surface area contributed by atoms with Crippen LogP contribution in [0.3, 0.4) is 0 Å². The zero-order valence-electron chi connectivity index (χ0n) is 21.9. The van der Waals surface area contributed by atoms with Gasteiger partial charge in [0.15, 0.2) is 11.5 Å². The number of ether oxygens (including phenoxy) is 2. The molecular weight excluding hydrogens is 567 g/mol. The Morgan fingerprint density at radius 3 is 2.61 bits per heavy atom. The van der Waals surface area contributed by atoms with Crippen molar-refractivity contribution in [3.05, 3.63) is 106 Å². The maximum atomic E-state index is 13.4. The van der Waals surface area contributed by atoms with Gasteiger partial charge in [0, 0.05) is 5.69 Å². The third kappa shape index (κ3) is 6.53. The number of hydrogen-bond acceptors (Lipinski definition) is 6. The Labute approximate surface area is 244 Å². The van der Waals surface area contributed by atoms with Gasteiger partial charge < -0.3 is 14.8 Å². The van der Waals surface area contributed by atoms with Crippen LogP contribution in [0.25, 0.3) is 16.8 Å². The summed E-state index contributed by atoms with van der Waals surface area (Å²) in [5.74, 6) is -0.803. The van der Waals surface area contributed by atoms with Crippen LogP contribution in [0.15, 0.2) is 83.8 Å². The van der Waals surface area contributed by atoms with Crippen molar-refractivity contribution in [1.29, 1.82) is 0 Å². The minimum absolute atomic E-state index is 0.159. The van der Waals surface area contributed by atoms with Crippen molar-refractivity contribution in [2.45, 2.75) is 13.5 Å². The summed E-state index contributed by atoms with van der Waals surface area (Å²) >= 11 is 6.48. The molecule has 41 heavy (non-hydrogen) atoms. The van der Waals surface area contributed by atoms with Crippen LogP contribution >= 0.6 is 23.4 Å². The van der Waals surface area contributed by atoms with Crippen molar-refractivity contribution in [3.8, 4) is 11.5 Å². The zero-order chi connectivity index (χ0) is 28.9. The highest BCUT2D eigenvalue weighted by atomic mass is 35.5. The lowest BCUT2D eigenvalue weighted by Gasteiger charge is -2.14. The number of benzene rings is 4. The third-order valence-electron chi connectivity index (χ3n) is 6.21. The van der Waals surface area contributed by atoms with E-state index in [1.807, 2.05) is 31.2 Å². The molecule has 0 saturated carbocycles. The van der Waals surface area contributed by atoms with Gasteiger partial charge in [-0.15, -0.1) is 0 Å². The normalized spacial score (nSPS) is 14.1. The Morgan fingerprint density at radius 2 is 1.80 bits per heavy atom. The molecule has 3 amide bonds. The Balaban J connectivity index is 1.28. The number of halogens is 2. The fraction of sp³-hybridized carbons (Fsp3) is 0.129. The maximum absolute atomic E-state index is 13.4. The number of thioether (sulfide) groups is 1. The molecule has 0 radical (unpaired) electrons. The van der Waals surface area contributed by atoms with Crippen LogP contribution in [-0.2, 0) is 16.2 Å². The van der Waals surface area contributed by atoms with Crippen LogP contribution in [0.4, 0.5) is 14.9 Å². The van der Waals surface area contributed by atoms with E-state index in [-0.39, 0.29) is 15.6 Å². The van der Waals surface area contributed by atoms with Crippen molar-refractivity contribution in [1.82, 2.24) is 4.90 Å². The summed E-state index contributed by atoms with van der Waals surface area (Å²) in [5.41, 5.74) is 1.91. The number of hydrogen-bond donors (Lipinski definition) is 1. The maximum Gasteiger partial charge on any atom is 0.294 e. The van der Waals surface area contributed by atoms with Crippen molar-refractivity contribution in [2.24, 2.45) is 0 Å². The van der Waals surface area contributed by atoms with Crippen LogP contribution in [0.5, 0.6) is 11.5 Å². The van der Waals surface area contributed by atoms with Crippen molar-refractivity contribution < 1.29 is 28.2 Å². The van der Waals surface area contributed by atoms with Gasteiger partial charge in [0.2, 0.25) is 5.91 Å². The Bertz CT molecular complexity index is 1690. The average molecular weight is 591 g/mol. The molecule has 1 heterocycles. The number of rotatable bonds is 9. The van der Waals surface area contributed by atoms with Gasteiger partial charge in [-0.3, -0.25) is 19.3 Å². The SMILES string of the molecule is CCOc1cc(/C=C2/SC(=O)N(CC(=O)Nc3ccc(F)c(Cl)c3)C2=O)ccc1OCc1cccc2ccccc12. The molecule has 1 aliphatic heterocycles. The number of anilines is 1. The first kappa shape index (κ1) is 28.2. The highest BCUT2D eigenvalue weighted by molar-refractivity contribution is 8.18. The standard InChI is InChI=1S/C31H24ClFN2O5S/c1-2-39-27-14-19(10-13-26(27)40-18-21-8-5-7-20-6-3-4-9-23(20)21)15-28-30(37)35(31(38)41-28)17-29(36)34-22-11-12-25(33)24(32)16-22/h3-16H,2,17-18H2,1H3,(H,34,36)/b28-15+. The molecule has 1 N–H and O–H groups in total. The van der Waals surface area contributed by atoms with Crippen LogP contribution in [-0.4, -0.2) is 35.1 Å². The first-order valence-electron chi connectivity index (χ1n) is 12.7. The number of carbonyl (C=O) groups is 3. The molecule has 0 aromatic heterocycles. The molecule has 5 rings (SSSR count). The number of amides is 3. The monoisotopic (exact) mass is 590 g/mol. The summed E-state index contributed by atoms with van der Waals surface area (Å²) in [6, 6.07) is 23.1. The Hall–Kier alpha value is -4.34. The number of nitrogens with zero attached hydrogens (tertiary/aromatic N) is 1. The molecule has 1 fully saturated rings. The van der Waals surface area contributed by atoms with E-state index < -0.39 is 29.4 Å². The smallest absolute Gasteiger partial charge is 0.294 e. The second-order valence-electron chi connectivity index (χ2n) is 9.01. The molecule has 0 aliphatic carbocycles. The average Bonchev–Trinajstić information content (AvgIpc) is 3.22. The molecule has 0 atom stereocenters. The van der Waals surface area contributed by atoms with Gasteiger partial charge in [0.25, 0.3) is 11.1 Å². The minimum atomic E-state index is -0.627. The molecular formula is C31H24ClFN2O5S. The molecule has 7 nitrogen and oxygen atoms in total. The summed E-state index contributed by atoms with van der Waals surface area (Å²) < 4.78 is 25.3. The van der Waals surface area contributed by atoms with Gasteiger partial charge in [-0.1, -0.05) is 60.1 Å². The third-order valence-corrected chi connectivity index (χ3v) is 7.40. The van der Waals surface area contributed by atoms with E-state index in [0.29, 0.717) is 30.3 Å². The van der Waals surface area contributed by atoms with Crippen molar-refractivity contribution in [2.75, 3.05) is 18.5 Å². The van der Waals surface area contributed by atoms with E-state index in [0.717, 1.165) is 39.1 Å². The lowest BCUT2D eigenvalue weighted by Crippen LogP contribution is -2.36. The summed E-state index contributed by atoms with van der Waals surface area (Å²) in [6.45, 7) is 2.10. The molecule has 0 bridgehead atoms. The van der Waals surface area contributed by atoms with Crippen LogP contribution < -0.4 is 14.8 Å². The molecule has 208 valence electrons. The van der Waals surface area contributed by atoms with E-state index in [4.69, 9.17) is 21.1 Å². The van der Waals surface area contributed by atoms with Crippen molar-refractivity contribution >= 4 is 63.0 Å². The quantitative estimate of drug-likeness (QED) is 0.206. The summed E-state index contributed by atoms with van der Waals surface area (Å²) in [5, 5.41) is 4.01. The first-order chi connectivity index (χ1) is 19.8. The van der Waals surface area contributed by atoms with Gasteiger partial charge in [-0.2, -0.15) is 0 Å². The van der Waals surface area contributed by atoms with Crippen molar-refractivity contribution in [3.63, 3.8) is 0 Å². The summed E-state index contributed by atoms with van der Waals surface area (Å²) in [4.78, 5) is 39.0. The van der Waals surface area contributed by atoms with E-state index in [1.54, 1.807) is 24.3 Å². The predicted octanol–water partition coefficient (Wildman–Crippen LogP) is 7.29. The zero-order valence-corrected chi connectivity index (χ0v) is 23.4. The topological polar surface area (TPSA) is 84.9 Å². The lowest BCUT2D eigenvalue weighted by atomic mass is 10.1. The number of carbonyl (C=O) groups excluding carboxylic acids is 3. The van der Waals surface area contributed by atoms with E-state index >= 15 is 0 Å².